The van der Waals surface area contributed by atoms with E-state index in [1.54, 1.807) is 18.0 Å². The Kier molecular flexibility index (Phi) is 5.06. The molecule has 2 aliphatic heterocycles. The van der Waals surface area contributed by atoms with Crippen LogP contribution in [0.5, 0.6) is 0 Å². The Morgan fingerprint density at radius 2 is 1.88 bits per heavy atom. The van der Waals surface area contributed by atoms with Crippen molar-refractivity contribution in [1.29, 1.82) is 0 Å². The molecule has 1 amide bonds. The molecular weight excluding hydrogens is 306 g/mol. The molecule has 1 aromatic rings. The average Bonchev–Trinajstić information content (AvgIpc) is 2.59. The number of hydrogen-bond donors (Lipinski definition) is 1. The molecule has 6 nitrogen and oxygen atoms in total. The van der Waals surface area contributed by atoms with Gasteiger partial charge in [0.2, 0.25) is 0 Å². The summed E-state index contributed by atoms with van der Waals surface area (Å²) in [4.78, 5) is 29.1. The van der Waals surface area contributed by atoms with E-state index in [1.165, 1.54) is 4.57 Å². The molecule has 132 valence electrons. The quantitative estimate of drug-likeness (QED) is 0.868. The molecule has 24 heavy (non-hydrogen) atoms. The lowest BCUT2D eigenvalue weighted by molar-refractivity contribution is 0.0240. The van der Waals surface area contributed by atoms with E-state index < -0.39 is 0 Å². The van der Waals surface area contributed by atoms with Crippen LogP contribution in [-0.4, -0.2) is 63.7 Å². The summed E-state index contributed by atoms with van der Waals surface area (Å²) < 4.78 is 1.52. The molecule has 3 heterocycles. The van der Waals surface area contributed by atoms with Crippen molar-refractivity contribution < 1.29 is 9.90 Å². The minimum absolute atomic E-state index is 0.160. The number of nitrogens with zero attached hydrogens (tertiary/aromatic N) is 3. The van der Waals surface area contributed by atoms with Gasteiger partial charge in [0.1, 0.15) is 5.56 Å². The molecular formula is C18H27N3O3. The van der Waals surface area contributed by atoms with E-state index in [0.717, 1.165) is 44.5 Å². The van der Waals surface area contributed by atoms with Gasteiger partial charge in [-0.05, 0) is 51.3 Å². The van der Waals surface area contributed by atoms with Crippen LogP contribution in [0.2, 0.25) is 0 Å². The van der Waals surface area contributed by atoms with Gasteiger partial charge < -0.3 is 14.6 Å². The van der Waals surface area contributed by atoms with E-state index in [1.807, 2.05) is 13.0 Å². The zero-order valence-corrected chi connectivity index (χ0v) is 14.6. The Balaban J connectivity index is 1.63. The van der Waals surface area contributed by atoms with Crippen LogP contribution in [0.25, 0.3) is 0 Å². The summed E-state index contributed by atoms with van der Waals surface area (Å²) in [5, 5.41) is 9.83. The highest BCUT2D eigenvalue weighted by atomic mass is 16.3. The number of aryl methyl sites for hydroxylation is 1. The number of hydrogen-bond acceptors (Lipinski definition) is 4. The first-order valence-electron chi connectivity index (χ1n) is 8.85. The van der Waals surface area contributed by atoms with Gasteiger partial charge >= 0.3 is 0 Å². The van der Waals surface area contributed by atoms with Crippen LogP contribution < -0.4 is 5.56 Å². The highest BCUT2D eigenvalue weighted by Gasteiger charge is 2.30. The van der Waals surface area contributed by atoms with Crippen molar-refractivity contribution in [3.63, 3.8) is 0 Å². The minimum atomic E-state index is -0.221. The standard InChI is InChI=1S/C18H27N3O3/c1-13-5-6-16(17(23)19(13)2)18(24)20-10-7-14(8-11-20)21-9-3-4-15(22)12-21/h5-6,14-15,22H,3-4,7-12H2,1-2H3/t15-/m1/s1. The molecule has 0 saturated carbocycles. The number of aromatic nitrogens is 1. The molecule has 0 spiro atoms. The Morgan fingerprint density at radius 3 is 2.54 bits per heavy atom. The van der Waals surface area contributed by atoms with Crippen molar-refractivity contribution in [1.82, 2.24) is 14.4 Å². The van der Waals surface area contributed by atoms with Gasteiger partial charge in [0, 0.05) is 38.4 Å². The molecule has 0 radical (unpaired) electrons. The summed E-state index contributed by atoms with van der Waals surface area (Å²) in [6.45, 7) is 4.99. The van der Waals surface area contributed by atoms with Crippen LogP contribution in [0.4, 0.5) is 0 Å². The molecule has 1 aromatic heterocycles. The molecule has 2 aliphatic rings. The summed E-state index contributed by atoms with van der Waals surface area (Å²) in [7, 11) is 1.70. The average molecular weight is 333 g/mol. The first-order valence-corrected chi connectivity index (χ1v) is 8.85. The topological polar surface area (TPSA) is 65.8 Å². The largest absolute Gasteiger partial charge is 0.392 e. The molecule has 0 aliphatic carbocycles. The van der Waals surface area contributed by atoms with Crippen molar-refractivity contribution in [2.24, 2.45) is 7.05 Å². The number of aliphatic hydroxyl groups is 1. The zero-order valence-electron chi connectivity index (χ0n) is 14.6. The second kappa shape index (κ2) is 7.07. The van der Waals surface area contributed by atoms with E-state index in [4.69, 9.17) is 0 Å². The van der Waals surface area contributed by atoms with Crippen LogP contribution in [0, 0.1) is 6.92 Å². The van der Waals surface area contributed by atoms with Gasteiger partial charge in [0.05, 0.1) is 6.10 Å². The maximum atomic E-state index is 12.7. The predicted molar refractivity (Wildman–Crippen MR) is 92.2 cm³/mol. The normalized spacial score (nSPS) is 23.5. The number of β-amino-alcohol motifs (C(OH)–C–C–N with tert-alkyl or cyclic N) is 1. The summed E-state index contributed by atoms with van der Waals surface area (Å²) in [5.74, 6) is -0.160. The highest BCUT2D eigenvalue weighted by Crippen LogP contribution is 2.21. The second-order valence-electron chi connectivity index (χ2n) is 7.07. The van der Waals surface area contributed by atoms with E-state index in [2.05, 4.69) is 4.90 Å². The van der Waals surface area contributed by atoms with Gasteiger partial charge in [-0.2, -0.15) is 0 Å². The maximum Gasteiger partial charge on any atom is 0.263 e. The van der Waals surface area contributed by atoms with E-state index in [0.29, 0.717) is 19.1 Å². The van der Waals surface area contributed by atoms with Gasteiger partial charge in [0.25, 0.3) is 11.5 Å². The van der Waals surface area contributed by atoms with Crippen LogP contribution in [0.15, 0.2) is 16.9 Å². The van der Waals surface area contributed by atoms with Crippen molar-refractivity contribution >= 4 is 5.91 Å². The lowest BCUT2D eigenvalue weighted by Crippen LogP contribution is -2.51. The first-order chi connectivity index (χ1) is 11.5. The fourth-order valence-corrected chi connectivity index (χ4v) is 3.81. The third kappa shape index (κ3) is 3.39. The van der Waals surface area contributed by atoms with Crippen molar-refractivity contribution in [2.75, 3.05) is 26.2 Å². The van der Waals surface area contributed by atoms with Gasteiger partial charge in [0.15, 0.2) is 0 Å². The van der Waals surface area contributed by atoms with Gasteiger partial charge in [-0.15, -0.1) is 0 Å². The van der Waals surface area contributed by atoms with Crippen LogP contribution in [0.1, 0.15) is 41.7 Å². The number of carbonyl (C=O) groups excluding carboxylic acids is 1. The number of carbonyl (C=O) groups is 1. The Morgan fingerprint density at radius 1 is 1.17 bits per heavy atom. The number of piperidine rings is 2. The number of likely N-dealkylation sites (tertiary alicyclic amines) is 2. The zero-order chi connectivity index (χ0) is 17.3. The number of amides is 1. The molecule has 0 aromatic carbocycles. The highest BCUT2D eigenvalue weighted by molar-refractivity contribution is 5.93. The molecule has 1 atom stereocenters. The SMILES string of the molecule is Cc1ccc(C(=O)N2CCC(N3CCC[C@@H](O)C3)CC2)c(=O)n1C. The molecule has 3 rings (SSSR count). The molecule has 0 unspecified atom stereocenters. The van der Waals surface area contributed by atoms with E-state index >= 15 is 0 Å². The number of rotatable bonds is 2. The molecule has 2 fully saturated rings. The number of pyridine rings is 1. The van der Waals surface area contributed by atoms with Crippen LogP contribution in [-0.2, 0) is 7.05 Å². The summed E-state index contributed by atoms with van der Waals surface area (Å²) in [6, 6.07) is 3.90. The van der Waals surface area contributed by atoms with Crippen molar-refractivity contribution in [2.45, 2.75) is 44.8 Å². The van der Waals surface area contributed by atoms with E-state index in [9.17, 15) is 14.7 Å². The Bertz CT molecular complexity index is 662. The molecule has 1 N–H and O–H groups in total. The van der Waals surface area contributed by atoms with Crippen molar-refractivity contribution in [3.05, 3.63) is 33.7 Å². The summed E-state index contributed by atoms with van der Waals surface area (Å²) in [6.07, 6.45) is 3.54. The summed E-state index contributed by atoms with van der Waals surface area (Å²) in [5.41, 5.74) is 0.884. The van der Waals surface area contributed by atoms with Gasteiger partial charge in [-0.25, -0.2) is 0 Å². The lowest BCUT2D eigenvalue weighted by Gasteiger charge is -2.41. The fourth-order valence-electron chi connectivity index (χ4n) is 3.81. The van der Waals surface area contributed by atoms with Crippen LogP contribution >= 0.6 is 0 Å². The monoisotopic (exact) mass is 333 g/mol. The van der Waals surface area contributed by atoms with Gasteiger partial charge in [-0.1, -0.05) is 0 Å². The third-order valence-electron chi connectivity index (χ3n) is 5.48. The minimum Gasteiger partial charge on any atom is -0.392 e. The maximum absolute atomic E-state index is 12.7. The van der Waals surface area contributed by atoms with E-state index in [-0.39, 0.29) is 23.1 Å². The van der Waals surface area contributed by atoms with Gasteiger partial charge in [-0.3, -0.25) is 14.5 Å². The fraction of sp³-hybridized carbons (Fsp3) is 0.667. The molecule has 0 bridgehead atoms. The Hall–Kier alpha value is -1.66. The number of aliphatic hydroxyl groups excluding tert-OH is 1. The third-order valence-corrected chi connectivity index (χ3v) is 5.48. The Labute approximate surface area is 142 Å². The predicted octanol–water partition coefficient (Wildman–Crippen LogP) is 0.755. The smallest absolute Gasteiger partial charge is 0.263 e. The lowest BCUT2D eigenvalue weighted by atomic mass is 9.98. The summed E-state index contributed by atoms with van der Waals surface area (Å²) >= 11 is 0. The molecule has 6 heteroatoms. The van der Waals surface area contributed by atoms with Crippen molar-refractivity contribution in [3.8, 4) is 0 Å². The molecule has 2 saturated heterocycles. The first kappa shape index (κ1) is 17.2. The second-order valence-corrected chi connectivity index (χ2v) is 7.07. The van der Waals surface area contributed by atoms with Crippen LogP contribution in [0.3, 0.4) is 0 Å².